The molecule has 1 amide bonds. The largest absolute Gasteiger partial charge is 0.385 e. The summed E-state index contributed by atoms with van der Waals surface area (Å²) >= 11 is 0. The highest BCUT2D eigenvalue weighted by atomic mass is 16.5. The Kier molecular flexibility index (Phi) is 8.34. The van der Waals surface area contributed by atoms with Gasteiger partial charge in [0.05, 0.1) is 11.6 Å². The van der Waals surface area contributed by atoms with Gasteiger partial charge in [0.2, 0.25) is 11.9 Å². The zero-order valence-corrected chi connectivity index (χ0v) is 22.9. The lowest BCUT2D eigenvalue weighted by atomic mass is 9.75. The molecule has 3 aromatic rings. The second-order valence-corrected chi connectivity index (χ2v) is 10.5. The highest BCUT2D eigenvalue weighted by molar-refractivity contribution is 5.83. The summed E-state index contributed by atoms with van der Waals surface area (Å²) in [6, 6.07) is 8.08. The average molecular weight is 535 g/mol. The first kappa shape index (κ1) is 27.0. The smallest absolute Gasteiger partial charge is 0.227 e. The molecule has 5 rings (SSSR count). The molecule has 208 valence electrons. The van der Waals surface area contributed by atoms with E-state index in [-0.39, 0.29) is 12.1 Å². The third-order valence-electron chi connectivity index (χ3n) is 7.53. The number of piperidine rings is 1. The summed E-state index contributed by atoms with van der Waals surface area (Å²) in [4.78, 5) is 29.7. The molecule has 2 saturated heterocycles. The molecule has 2 unspecified atom stereocenters. The molecule has 0 bridgehead atoms. The molecular formula is C27H38N10O2. The summed E-state index contributed by atoms with van der Waals surface area (Å²) in [6.07, 6.45) is 8.48. The van der Waals surface area contributed by atoms with Crippen LogP contribution < -0.4 is 26.4 Å². The molecule has 2 fully saturated rings. The lowest BCUT2D eigenvalue weighted by Gasteiger charge is -2.40. The Bertz CT molecular complexity index is 1230. The van der Waals surface area contributed by atoms with Gasteiger partial charge in [-0.05, 0) is 57.2 Å². The number of nitrogens with one attached hydrogen (secondary N) is 4. The molecule has 39 heavy (non-hydrogen) atoms. The number of hydrogen-bond acceptors (Lipinski definition) is 10. The van der Waals surface area contributed by atoms with E-state index in [9.17, 15) is 4.79 Å². The van der Waals surface area contributed by atoms with Crippen LogP contribution in [0.4, 0.5) is 11.8 Å². The number of nitrogens with zero attached hydrogens (tertiary/aromatic N) is 6. The fourth-order valence-electron chi connectivity index (χ4n) is 5.21. The maximum Gasteiger partial charge on any atom is 0.227 e. The molecule has 2 aliphatic heterocycles. The lowest BCUT2D eigenvalue weighted by molar-refractivity contribution is -0.133. The van der Waals surface area contributed by atoms with E-state index in [0.29, 0.717) is 57.5 Å². The van der Waals surface area contributed by atoms with E-state index < -0.39 is 5.41 Å². The van der Waals surface area contributed by atoms with Gasteiger partial charge in [-0.15, -0.1) is 0 Å². The second kappa shape index (κ2) is 12.1. The van der Waals surface area contributed by atoms with E-state index in [1.807, 2.05) is 37.4 Å². The number of pyridine rings is 1. The van der Waals surface area contributed by atoms with Gasteiger partial charge in [0.15, 0.2) is 5.82 Å². The zero-order chi connectivity index (χ0) is 27.2. The molecule has 5 heterocycles. The third kappa shape index (κ3) is 6.52. The Morgan fingerprint density at radius 2 is 2.08 bits per heavy atom. The van der Waals surface area contributed by atoms with Crippen LogP contribution in [0.25, 0.3) is 5.82 Å². The molecule has 2 aliphatic rings. The standard InChI is InChI=1S/C27H38N10O2/c1-19-15-22(32-23-16-20(2)34-35-23)33-26(31-19)36-12-7-27(8-13-36,9-14-39-3)25(38)29-18-21-5-6-24(28-17-21)37-11-4-10-30-37/h4-6,10-11,15,17,20,23,34-35H,7-9,12-14,16,18H2,1-3H3,(H,29,38)(H,31,32,33). The quantitative estimate of drug-likeness (QED) is 0.306. The molecule has 0 spiro atoms. The Morgan fingerprint density at radius 3 is 2.74 bits per heavy atom. The van der Waals surface area contributed by atoms with Crippen molar-refractivity contribution in [3.63, 3.8) is 0 Å². The summed E-state index contributed by atoms with van der Waals surface area (Å²) in [5.74, 6) is 2.28. The zero-order valence-electron chi connectivity index (χ0n) is 22.9. The lowest BCUT2D eigenvalue weighted by Crippen LogP contribution is -2.49. The molecular weight excluding hydrogens is 496 g/mol. The summed E-state index contributed by atoms with van der Waals surface area (Å²) < 4.78 is 7.09. The minimum absolute atomic E-state index is 0.0526. The van der Waals surface area contributed by atoms with Crippen molar-refractivity contribution in [2.24, 2.45) is 5.41 Å². The van der Waals surface area contributed by atoms with Crippen LogP contribution in [-0.2, 0) is 16.1 Å². The summed E-state index contributed by atoms with van der Waals surface area (Å²) in [5, 5.41) is 10.8. The minimum Gasteiger partial charge on any atom is -0.385 e. The maximum atomic E-state index is 13.6. The van der Waals surface area contributed by atoms with Crippen LogP contribution in [-0.4, -0.2) is 69.7 Å². The monoisotopic (exact) mass is 534 g/mol. The van der Waals surface area contributed by atoms with Crippen LogP contribution in [0.5, 0.6) is 0 Å². The highest BCUT2D eigenvalue weighted by Gasteiger charge is 2.41. The predicted molar refractivity (Wildman–Crippen MR) is 148 cm³/mol. The van der Waals surface area contributed by atoms with Crippen molar-refractivity contribution in [2.75, 3.05) is 37.0 Å². The SMILES string of the molecule is COCCC1(C(=O)NCc2ccc(-n3cccn3)nc2)CCN(c2nc(C)cc(NC3CC(C)NN3)n2)CC1. The predicted octanol–water partition coefficient (Wildman–Crippen LogP) is 1.93. The second-order valence-electron chi connectivity index (χ2n) is 10.5. The number of aryl methyl sites for hydroxylation is 1. The Hall–Kier alpha value is -3.61. The first-order valence-corrected chi connectivity index (χ1v) is 13.5. The van der Waals surface area contributed by atoms with E-state index in [4.69, 9.17) is 14.7 Å². The summed E-state index contributed by atoms with van der Waals surface area (Å²) in [5.41, 5.74) is 7.81. The minimum atomic E-state index is -0.505. The number of carbonyl (C=O) groups is 1. The number of hydrogen-bond donors (Lipinski definition) is 4. The van der Waals surface area contributed by atoms with E-state index >= 15 is 0 Å². The van der Waals surface area contributed by atoms with Crippen molar-refractivity contribution in [3.8, 4) is 5.82 Å². The fourth-order valence-corrected chi connectivity index (χ4v) is 5.21. The van der Waals surface area contributed by atoms with E-state index in [2.05, 4.69) is 43.4 Å². The topological polar surface area (TPSA) is 134 Å². The molecule has 0 radical (unpaired) electrons. The Labute approximate surface area is 228 Å². The third-order valence-corrected chi connectivity index (χ3v) is 7.53. The van der Waals surface area contributed by atoms with Gasteiger partial charge in [0.1, 0.15) is 5.82 Å². The van der Waals surface area contributed by atoms with E-state index in [1.165, 1.54) is 0 Å². The van der Waals surface area contributed by atoms with Gasteiger partial charge >= 0.3 is 0 Å². The average Bonchev–Trinajstić information content (AvgIpc) is 3.63. The first-order chi connectivity index (χ1) is 18.9. The van der Waals surface area contributed by atoms with Crippen molar-refractivity contribution in [1.82, 2.24) is 40.9 Å². The van der Waals surface area contributed by atoms with E-state index in [1.54, 1.807) is 24.2 Å². The molecule has 2 atom stereocenters. The van der Waals surface area contributed by atoms with Gasteiger partial charge in [-0.3, -0.25) is 10.2 Å². The van der Waals surface area contributed by atoms with Gasteiger partial charge in [-0.1, -0.05) is 6.07 Å². The number of hydrazine groups is 1. The number of ether oxygens (including phenoxy) is 1. The van der Waals surface area contributed by atoms with Crippen molar-refractivity contribution < 1.29 is 9.53 Å². The van der Waals surface area contributed by atoms with Crippen LogP contribution in [0.2, 0.25) is 0 Å². The van der Waals surface area contributed by atoms with Crippen molar-refractivity contribution in [3.05, 3.63) is 54.1 Å². The normalized spacial score (nSPS) is 20.6. The van der Waals surface area contributed by atoms with Gasteiger partial charge in [-0.25, -0.2) is 20.1 Å². The fraction of sp³-hybridized carbons (Fsp3) is 0.519. The number of anilines is 2. The first-order valence-electron chi connectivity index (χ1n) is 13.5. The Balaban J connectivity index is 1.21. The van der Waals surface area contributed by atoms with Gasteiger partial charge in [0.25, 0.3) is 0 Å². The molecule has 12 nitrogen and oxygen atoms in total. The van der Waals surface area contributed by atoms with Crippen LogP contribution in [0.15, 0.2) is 42.9 Å². The molecule has 12 heteroatoms. The highest BCUT2D eigenvalue weighted by Crippen LogP contribution is 2.37. The van der Waals surface area contributed by atoms with Crippen molar-refractivity contribution in [1.29, 1.82) is 0 Å². The maximum absolute atomic E-state index is 13.6. The number of amides is 1. The number of carbonyl (C=O) groups excluding carboxylic acids is 1. The number of aromatic nitrogens is 5. The number of rotatable bonds is 10. The summed E-state index contributed by atoms with van der Waals surface area (Å²) in [6.45, 7) is 6.46. The van der Waals surface area contributed by atoms with Crippen LogP contribution >= 0.6 is 0 Å². The van der Waals surface area contributed by atoms with E-state index in [0.717, 1.165) is 29.3 Å². The van der Waals surface area contributed by atoms with Crippen molar-refractivity contribution >= 4 is 17.7 Å². The molecule has 0 saturated carbocycles. The molecule has 4 N–H and O–H groups in total. The van der Waals surface area contributed by atoms with Crippen LogP contribution in [0.1, 0.15) is 43.9 Å². The van der Waals surface area contributed by atoms with Gasteiger partial charge in [-0.2, -0.15) is 10.1 Å². The Morgan fingerprint density at radius 1 is 1.23 bits per heavy atom. The van der Waals surface area contributed by atoms with Crippen molar-refractivity contribution in [2.45, 2.75) is 58.3 Å². The van der Waals surface area contributed by atoms with Gasteiger partial charge in [0, 0.05) is 69.7 Å². The summed E-state index contributed by atoms with van der Waals surface area (Å²) in [7, 11) is 1.68. The number of methoxy groups -OCH3 is 1. The van der Waals surface area contributed by atoms with Crippen LogP contribution in [0.3, 0.4) is 0 Å². The molecule has 3 aromatic heterocycles. The molecule has 0 aromatic carbocycles. The van der Waals surface area contributed by atoms with Crippen LogP contribution in [0, 0.1) is 12.3 Å². The molecule has 0 aliphatic carbocycles. The van der Waals surface area contributed by atoms with Gasteiger partial charge < -0.3 is 20.3 Å².